The minimum Gasteiger partial charge on any atom is -0.442 e. The van der Waals surface area contributed by atoms with Crippen LogP contribution in [0.4, 0.5) is 4.79 Å². The first kappa shape index (κ1) is 8.29. The topological polar surface area (TPSA) is 70.6 Å². The Balaban J connectivity index is 2.30. The molecular formula is C6H12N2O3. The molecule has 1 fully saturated rings. The Kier molecular flexibility index (Phi) is 2.67. The van der Waals surface area contributed by atoms with Crippen LogP contribution in [0.5, 0.6) is 0 Å². The van der Waals surface area contributed by atoms with Gasteiger partial charge in [0.1, 0.15) is 12.2 Å². The number of carbonyl (C=O) groups is 1. The molecule has 1 aliphatic heterocycles. The number of rotatable bonds is 1. The van der Waals surface area contributed by atoms with Gasteiger partial charge in [0, 0.05) is 20.1 Å². The average molecular weight is 160 g/mol. The van der Waals surface area contributed by atoms with Crippen LogP contribution < -0.4 is 10.6 Å². The lowest BCUT2D eigenvalue weighted by molar-refractivity contribution is 0.0339. The number of carbonyl (C=O) groups excluding carboxylic acids is 1. The lowest BCUT2D eigenvalue weighted by atomic mass is 10.3. The lowest BCUT2D eigenvalue weighted by Gasteiger charge is -2.13. The zero-order chi connectivity index (χ0) is 8.27. The fourth-order valence-corrected chi connectivity index (χ4v) is 0.958. The number of amides is 1. The Hall–Kier alpha value is -0.810. The Labute approximate surface area is 64.7 Å². The van der Waals surface area contributed by atoms with E-state index in [0.29, 0.717) is 13.1 Å². The van der Waals surface area contributed by atoms with E-state index in [2.05, 4.69) is 10.6 Å². The molecule has 64 valence electrons. The Bertz CT molecular complexity index is 151. The molecule has 1 amide bonds. The number of aliphatic hydroxyl groups is 1. The SMILES string of the molecule is CNC(=O)O[C@@H]1CNC[C@H]1O. The van der Waals surface area contributed by atoms with Crippen LogP contribution in [0.3, 0.4) is 0 Å². The minimum absolute atomic E-state index is 0.407. The van der Waals surface area contributed by atoms with Crippen molar-refractivity contribution in [1.29, 1.82) is 0 Å². The van der Waals surface area contributed by atoms with E-state index >= 15 is 0 Å². The largest absolute Gasteiger partial charge is 0.442 e. The van der Waals surface area contributed by atoms with Gasteiger partial charge in [0.2, 0.25) is 0 Å². The van der Waals surface area contributed by atoms with Gasteiger partial charge >= 0.3 is 6.09 Å². The number of aliphatic hydroxyl groups excluding tert-OH is 1. The van der Waals surface area contributed by atoms with Crippen molar-refractivity contribution in [3.63, 3.8) is 0 Å². The van der Waals surface area contributed by atoms with E-state index in [4.69, 9.17) is 9.84 Å². The van der Waals surface area contributed by atoms with Crippen molar-refractivity contribution in [2.24, 2.45) is 0 Å². The van der Waals surface area contributed by atoms with Crippen molar-refractivity contribution in [3.8, 4) is 0 Å². The maximum atomic E-state index is 10.6. The molecule has 0 spiro atoms. The lowest BCUT2D eigenvalue weighted by Crippen LogP contribution is -2.33. The highest BCUT2D eigenvalue weighted by atomic mass is 16.6. The summed E-state index contributed by atoms with van der Waals surface area (Å²) in [5.74, 6) is 0. The predicted octanol–water partition coefficient (Wildman–Crippen LogP) is -1.32. The van der Waals surface area contributed by atoms with Crippen molar-refractivity contribution in [3.05, 3.63) is 0 Å². The third kappa shape index (κ3) is 2.06. The normalized spacial score (nSPS) is 30.0. The second-order valence-electron chi connectivity index (χ2n) is 2.42. The van der Waals surface area contributed by atoms with Crippen LogP contribution in [0.15, 0.2) is 0 Å². The molecule has 1 rings (SSSR count). The molecule has 11 heavy (non-hydrogen) atoms. The smallest absolute Gasteiger partial charge is 0.407 e. The second-order valence-corrected chi connectivity index (χ2v) is 2.42. The summed E-state index contributed by atoms with van der Waals surface area (Å²) < 4.78 is 4.81. The zero-order valence-electron chi connectivity index (χ0n) is 6.33. The highest BCUT2D eigenvalue weighted by Gasteiger charge is 2.27. The van der Waals surface area contributed by atoms with Crippen molar-refractivity contribution in [2.45, 2.75) is 12.2 Å². The molecule has 1 aliphatic rings. The predicted molar refractivity (Wildman–Crippen MR) is 38.2 cm³/mol. The molecule has 5 heteroatoms. The molecule has 0 saturated carbocycles. The van der Waals surface area contributed by atoms with Gasteiger partial charge in [0.25, 0.3) is 0 Å². The Morgan fingerprint density at radius 3 is 2.91 bits per heavy atom. The zero-order valence-corrected chi connectivity index (χ0v) is 6.33. The molecule has 0 bridgehead atoms. The van der Waals surface area contributed by atoms with Gasteiger partial charge in [-0.2, -0.15) is 0 Å². The Morgan fingerprint density at radius 1 is 1.73 bits per heavy atom. The molecule has 0 radical (unpaired) electrons. The van der Waals surface area contributed by atoms with E-state index in [1.807, 2.05) is 0 Å². The molecule has 1 heterocycles. The molecule has 0 aromatic rings. The summed E-state index contributed by atoms with van der Waals surface area (Å²) in [6.45, 7) is 1.01. The first-order chi connectivity index (χ1) is 5.24. The number of hydrogen-bond donors (Lipinski definition) is 3. The van der Waals surface area contributed by atoms with Crippen LogP contribution in [-0.4, -0.2) is 43.5 Å². The van der Waals surface area contributed by atoms with E-state index in [1.54, 1.807) is 0 Å². The van der Waals surface area contributed by atoms with Crippen LogP contribution >= 0.6 is 0 Å². The summed E-state index contributed by atoms with van der Waals surface area (Å²) >= 11 is 0. The number of nitrogens with one attached hydrogen (secondary N) is 2. The summed E-state index contributed by atoms with van der Waals surface area (Å²) in [5, 5.41) is 14.4. The van der Waals surface area contributed by atoms with E-state index in [9.17, 15) is 4.79 Å². The standard InChI is InChI=1S/C6H12N2O3/c1-7-6(10)11-5-3-8-2-4(5)9/h4-5,8-9H,2-3H2,1H3,(H,7,10)/t4-,5-/m1/s1. The molecule has 2 atom stereocenters. The summed E-state index contributed by atoms with van der Waals surface area (Å²) in [6.07, 6.45) is -1.49. The van der Waals surface area contributed by atoms with Crippen LogP contribution in [0.2, 0.25) is 0 Å². The number of hydrogen-bond acceptors (Lipinski definition) is 4. The van der Waals surface area contributed by atoms with Gasteiger partial charge in [0.15, 0.2) is 0 Å². The van der Waals surface area contributed by atoms with Gasteiger partial charge in [-0.25, -0.2) is 4.79 Å². The monoisotopic (exact) mass is 160 g/mol. The van der Waals surface area contributed by atoms with E-state index < -0.39 is 18.3 Å². The highest BCUT2D eigenvalue weighted by Crippen LogP contribution is 2.03. The fourth-order valence-electron chi connectivity index (χ4n) is 0.958. The average Bonchev–Trinajstić information content (AvgIpc) is 2.37. The minimum atomic E-state index is -0.577. The first-order valence-electron chi connectivity index (χ1n) is 3.51. The third-order valence-electron chi connectivity index (χ3n) is 1.59. The van der Waals surface area contributed by atoms with E-state index in [0.717, 1.165) is 0 Å². The molecule has 0 unspecified atom stereocenters. The van der Waals surface area contributed by atoms with Gasteiger partial charge in [-0.15, -0.1) is 0 Å². The second kappa shape index (κ2) is 3.54. The summed E-state index contributed by atoms with van der Waals surface area (Å²) in [4.78, 5) is 10.6. The molecular weight excluding hydrogens is 148 g/mol. The van der Waals surface area contributed by atoms with Crippen LogP contribution in [0.1, 0.15) is 0 Å². The highest BCUT2D eigenvalue weighted by molar-refractivity contribution is 5.66. The summed E-state index contributed by atoms with van der Waals surface area (Å²) in [5.41, 5.74) is 0. The van der Waals surface area contributed by atoms with E-state index in [1.165, 1.54) is 7.05 Å². The quantitative estimate of drug-likeness (QED) is 0.444. The summed E-state index contributed by atoms with van der Waals surface area (Å²) in [6, 6.07) is 0. The number of ether oxygens (including phenoxy) is 1. The Morgan fingerprint density at radius 2 is 2.45 bits per heavy atom. The molecule has 1 saturated heterocycles. The van der Waals surface area contributed by atoms with E-state index in [-0.39, 0.29) is 0 Å². The van der Waals surface area contributed by atoms with Gasteiger partial charge in [-0.1, -0.05) is 0 Å². The maximum Gasteiger partial charge on any atom is 0.407 e. The third-order valence-corrected chi connectivity index (χ3v) is 1.59. The number of β-amino-alcohol motifs (C(OH)–C–C–N with tert-alkyl or cyclic N) is 1. The number of alkyl carbamates (subject to hydrolysis) is 1. The molecule has 5 nitrogen and oxygen atoms in total. The van der Waals surface area contributed by atoms with Gasteiger partial charge in [-0.05, 0) is 0 Å². The molecule has 0 aliphatic carbocycles. The van der Waals surface area contributed by atoms with Gasteiger partial charge < -0.3 is 20.5 Å². The molecule has 0 aromatic carbocycles. The van der Waals surface area contributed by atoms with Gasteiger partial charge in [-0.3, -0.25) is 0 Å². The van der Waals surface area contributed by atoms with Crippen LogP contribution in [0.25, 0.3) is 0 Å². The van der Waals surface area contributed by atoms with Crippen LogP contribution in [0, 0.1) is 0 Å². The van der Waals surface area contributed by atoms with Crippen molar-refractivity contribution in [2.75, 3.05) is 20.1 Å². The van der Waals surface area contributed by atoms with Crippen molar-refractivity contribution >= 4 is 6.09 Å². The van der Waals surface area contributed by atoms with Crippen molar-refractivity contribution < 1.29 is 14.6 Å². The first-order valence-corrected chi connectivity index (χ1v) is 3.51. The summed E-state index contributed by atoms with van der Waals surface area (Å²) in [7, 11) is 1.48. The maximum absolute atomic E-state index is 10.6. The molecule has 0 aromatic heterocycles. The van der Waals surface area contributed by atoms with Gasteiger partial charge in [0.05, 0.1) is 0 Å². The fraction of sp³-hybridized carbons (Fsp3) is 0.833. The van der Waals surface area contributed by atoms with Crippen molar-refractivity contribution in [1.82, 2.24) is 10.6 Å². The molecule has 3 N–H and O–H groups in total. The van der Waals surface area contributed by atoms with Crippen LogP contribution in [-0.2, 0) is 4.74 Å².